The molecule has 208 valence electrons. The van der Waals surface area contributed by atoms with Crippen molar-refractivity contribution in [2.45, 2.75) is 43.9 Å². The number of halogens is 1. The number of anilines is 1. The van der Waals surface area contributed by atoms with Gasteiger partial charge < -0.3 is 24.3 Å². The van der Waals surface area contributed by atoms with Gasteiger partial charge in [0.15, 0.2) is 5.79 Å². The SMILES string of the molecule is COc1ccc(N2C(=O)[C@@](OC(=O)c3ccccc3I)(C(=O)NCc3ccccc3)[C@@H]2[C@H]2COC(C)(C)O2)cc1. The molecule has 10 heteroatoms. The molecule has 0 saturated carbocycles. The molecule has 9 nitrogen and oxygen atoms in total. The van der Waals surface area contributed by atoms with Gasteiger partial charge in [0.05, 0.1) is 19.3 Å². The summed E-state index contributed by atoms with van der Waals surface area (Å²) in [6, 6.07) is 21.9. The molecule has 0 aliphatic carbocycles. The Morgan fingerprint density at radius 1 is 1.02 bits per heavy atom. The van der Waals surface area contributed by atoms with Crippen molar-refractivity contribution in [2.75, 3.05) is 18.6 Å². The lowest BCUT2D eigenvalue weighted by atomic mass is 9.76. The predicted octanol–water partition coefficient (Wildman–Crippen LogP) is 4.08. The molecule has 3 aromatic carbocycles. The zero-order chi connectivity index (χ0) is 28.5. The smallest absolute Gasteiger partial charge is 0.340 e. The van der Waals surface area contributed by atoms with Crippen LogP contribution in [0.4, 0.5) is 5.69 Å². The van der Waals surface area contributed by atoms with E-state index in [0.29, 0.717) is 15.0 Å². The maximum atomic E-state index is 14.1. The molecule has 3 aromatic rings. The number of benzene rings is 3. The van der Waals surface area contributed by atoms with Crippen LogP contribution < -0.4 is 15.0 Å². The van der Waals surface area contributed by atoms with Crippen molar-refractivity contribution in [1.82, 2.24) is 5.32 Å². The van der Waals surface area contributed by atoms with Gasteiger partial charge >= 0.3 is 5.97 Å². The monoisotopic (exact) mass is 656 g/mol. The molecule has 2 heterocycles. The van der Waals surface area contributed by atoms with E-state index in [1.807, 2.05) is 52.9 Å². The molecule has 2 aliphatic heterocycles. The van der Waals surface area contributed by atoms with Crippen molar-refractivity contribution >= 4 is 46.1 Å². The Labute approximate surface area is 245 Å². The topological polar surface area (TPSA) is 103 Å². The number of esters is 1. The molecular formula is C30H29IN2O7. The van der Waals surface area contributed by atoms with E-state index in [2.05, 4.69) is 5.32 Å². The summed E-state index contributed by atoms with van der Waals surface area (Å²) in [5.41, 5.74) is -0.622. The second kappa shape index (κ2) is 11.2. The van der Waals surface area contributed by atoms with E-state index in [4.69, 9.17) is 18.9 Å². The number of methoxy groups -OCH3 is 1. The number of nitrogens with zero attached hydrogens (tertiary/aromatic N) is 1. The number of carbonyl (C=O) groups is 3. The standard InChI is InChI=1S/C30H29IN2O7/c1-29(2)38-18-24(39-29)25-30(27(35)32-17-19-9-5-4-6-10-19,40-26(34)22-11-7-8-12-23(22)31)28(36)33(25)20-13-15-21(37-3)16-14-20/h4-16,24-25H,17-18H2,1-3H3,(H,32,35)/t24-,25+,30+/m1/s1. The third-order valence-electron chi connectivity index (χ3n) is 6.95. The van der Waals surface area contributed by atoms with Gasteiger partial charge in [-0.05, 0) is 78.4 Å². The van der Waals surface area contributed by atoms with Crippen LogP contribution in [0.15, 0.2) is 78.9 Å². The Morgan fingerprint density at radius 2 is 1.70 bits per heavy atom. The molecule has 2 fully saturated rings. The van der Waals surface area contributed by atoms with Gasteiger partial charge in [-0.1, -0.05) is 42.5 Å². The third-order valence-corrected chi connectivity index (χ3v) is 7.89. The van der Waals surface area contributed by atoms with Crippen molar-refractivity contribution in [3.05, 3.63) is 93.6 Å². The van der Waals surface area contributed by atoms with Gasteiger partial charge in [0.2, 0.25) is 0 Å². The molecule has 40 heavy (non-hydrogen) atoms. The Morgan fingerprint density at radius 3 is 2.33 bits per heavy atom. The number of amides is 2. The van der Waals surface area contributed by atoms with Gasteiger partial charge in [-0.3, -0.25) is 14.5 Å². The lowest BCUT2D eigenvalue weighted by molar-refractivity contribution is -0.181. The van der Waals surface area contributed by atoms with Crippen LogP contribution in [-0.4, -0.2) is 55.0 Å². The fourth-order valence-corrected chi connectivity index (χ4v) is 5.59. The average molecular weight is 656 g/mol. The maximum Gasteiger partial charge on any atom is 0.340 e. The fourth-order valence-electron chi connectivity index (χ4n) is 4.99. The first-order valence-corrected chi connectivity index (χ1v) is 13.8. The number of β-lactam (4-membered cyclic amide) rings is 1. The second-order valence-corrected chi connectivity index (χ2v) is 11.1. The van der Waals surface area contributed by atoms with Crippen LogP contribution in [0.2, 0.25) is 0 Å². The van der Waals surface area contributed by atoms with E-state index in [0.717, 1.165) is 5.56 Å². The number of ether oxygens (including phenoxy) is 4. The van der Waals surface area contributed by atoms with Crippen LogP contribution in [0.5, 0.6) is 5.75 Å². The largest absolute Gasteiger partial charge is 0.497 e. The normalized spacial score (nSPS) is 23.3. The molecule has 0 bridgehead atoms. The Kier molecular flexibility index (Phi) is 7.85. The summed E-state index contributed by atoms with van der Waals surface area (Å²) in [6.07, 6.45) is -0.764. The van der Waals surface area contributed by atoms with Crippen LogP contribution in [0.3, 0.4) is 0 Å². The minimum atomic E-state index is -2.20. The molecular weight excluding hydrogens is 627 g/mol. The summed E-state index contributed by atoms with van der Waals surface area (Å²) in [5, 5.41) is 2.83. The molecule has 0 aromatic heterocycles. The van der Waals surface area contributed by atoms with Crippen molar-refractivity contribution in [1.29, 1.82) is 0 Å². The van der Waals surface area contributed by atoms with Gasteiger partial charge in [-0.2, -0.15) is 0 Å². The molecule has 2 aliphatic rings. The molecule has 0 unspecified atom stereocenters. The predicted molar refractivity (Wildman–Crippen MR) is 155 cm³/mol. The lowest BCUT2D eigenvalue weighted by Crippen LogP contribution is -2.83. The van der Waals surface area contributed by atoms with Crippen molar-refractivity contribution in [3.8, 4) is 5.75 Å². The number of rotatable bonds is 8. The van der Waals surface area contributed by atoms with Crippen LogP contribution in [-0.2, 0) is 30.3 Å². The summed E-state index contributed by atoms with van der Waals surface area (Å²) >= 11 is 2.02. The van der Waals surface area contributed by atoms with Crippen LogP contribution in [0, 0.1) is 3.57 Å². The highest BCUT2D eigenvalue weighted by atomic mass is 127. The van der Waals surface area contributed by atoms with E-state index in [1.54, 1.807) is 69.5 Å². The molecule has 0 radical (unpaired) electrons. The Bertz CT molecular complexity index is 1410. The fraction of sp³-hybridized carbons (Fsp3) is 0.300. The van der Waals surface area contributed by atoms with Crippen molar-refractivity contribution in [3.63, 3.8) is 0 Å². The molecule has 3 atom stereocenters. The van der Waals surface area contributed by atoms with Crippen LogP contribution in [0.25, 0.3) is 0 Å². The van der Waals surface area contributed by atoms with Gasteiger partial charge in [0, 0.05) is 15.8 Å². The summed E-state index contributed by atoms with van der Waals surface area (Å²) in [4.78, 5) is 43.1. The molecule has 2 saturated heterocycles. The average Bonchev–Trinajstić information content (AvgIpc) is 3.32. The Balaban J connectivity index is 1.56. The molecule has 5 rings (SSSR count). The number of carbonyl (C=O) groups excluding carboxylic acids is 3. The lowest BCUT2D eigenvalue weighted by Gasteiger charge is -2.54. The molecule has 2 amide bonds. The Hall–Kier alpha value is -3.48. The number of hydrogen-bond donors (Lipinski definition) is 1. The minimum absolute atomic E-state index is 0.0890. The second-order valence-electron chi connectivity index (χ2n) is 9.96. The minimum Gasteiger partial charge on any atom is -0.497 e. The van der Waals surface area contributed by atoms with Gasteiger partial charge in [0.25, 0.3) is 17.4 Å². The van der Waals surface area contributed by atoms with E-state index >= 15 is 0 Å². The highest BCUT2D eigenvalue weighted by molar-refractivity contribution is 14.1. The first-order chi connectivity index (χ1) is 19.2. The van der Waals surface area contributed by atoms with Crippen LogP contribution >= 0.6 is 22.6 Å². The molecule has 1 N–H and O–H groups in total. The highest BCUT2D eigenvalue weighted by Crippen LogP contribution is 2.45. The number of hydrogen-bond acceptors (Lipinski definition) is 7. The van der Waals surface area contributed by atoms with E-state index in [1.165, 1.54) is 4.90 Å². The maximum absolute atomic E-state index is 14.1. The summed E-state index contributed by atoms with van der Waals surface area (Å²) in [5.74, 6) is -2.55. The quantitative estimate of drug-likeness (QED) is 0.169. The highest BCUT2D eigenvalue weighted by Gasteiger charge is 2.73. The summed E-state index contributed by atoms with van der Waals surface area (Å²) in [6.45, 7) is 3.73. The first kappa shape index (κ1) is 28.1. The summed E-state index contributed by atoms with van der Waals surface area (Å²) < 4.78 is 23.9. The van der Waals surface area contributed by atoms with Gasteiger partial charge in [0.1, 0.15) is 17.9 Å². The zero-order valence-corrected chi connectivity index (χ0v) is 24.4. The molecule has 0 spiro atoms. The van der Waals surface area contributed by atoms with Crippen molar-refractivity contribution in [2.24, 2.45) is 0 Å². The third kappa shape index (κ3) is 5.18. The van der Waals surface area contributed by atoms with Gasteiger partial charge in [-0.25, -0.2) is 4.79 Å². The van der Waals surface area contributed by atoms with Crippen LogP contribution in [0.1, 0.15) is 29.8 Å². The van der Waals surface area contributed by atoms with E-state index in [-0.39, 0.29) is 18.7 Å². The number of nitrogens with one attached hydrogen (secondary N) is 1. The van der Waals surface area contributed by atoms with Gasteiger partial charge in [-0.15, -0.1) is 0 Å². The summed E-state index contributed by atoms with van der Waals surface area (Å²) in [7, 11) is 1.55. The first-order valence-electron chi connectivity index (χ1n) is 12.8. The van der Waals surface area contributed by atoms with E-state index < -0.39 is 41.3 Å². The van der Waals surface area contributed by atoms with Crippen molar-refractivity contribution < 1.29 is 33.3 Å². The zero-order valence-electron chi connectivity index (χ0n) is 22.3. The van der Waals surface area contributed by atoms with E-state index in [9.17, 15) is 14.4 Å².